The minimum atomic E-state index is -0.117. The second-order valence-electron chi connectivity index (χ2n) is 6.25. The molecule has 8 heteroatoms. The number of carbonyl (C=O) groups excluding carboxylic acids is 1. The first-order valence-corrected chi connectivity index (χ1v) is 9.03. The largest absolute Gasteiger partial charge is 0.496 e. The average molecular weight is 387 g/mol. The second kappa shape index (κ2) is 7.17. The van der Waals surface area contributed by atoms with E-state index in [1.165, 1.54) is 0 Å². The molecule has 0 spiro atoms. The first-order chi connectivity index (χ1) is 13.1. The van der Waals surface area contributed by atoms with Crippen LogP contribution in [-0.4, -0.2) is 58.8 Å². The summed E-state index contributed by atoms with van der Waals surface area (Å²) in [6, 6.07) is 7.15. The fourth-order valence-electron chi connectivity index (χ4n) is 3.30. The number of hydrogen-bond donors (Lipinski definition) is 0. The van der Waals surface area contributed by atoms with E-state index in [0.717, 1.165) is 11.3 Å². The molecule has 27 heavy (non-hydrogen) atoms. The lowest BCUT2D eigenvalue weighted by atomic mass is 10.1. The number of hydrogen-bond acceptors (Lipinski definition) is 5. The molecule has 1 aliphatic rings. The number of methoxy groups -OCH3 is 1. The lowest BCUT2D eigenvalue weighted by Gasteiger charge is -2.27. The van der Waals surface area contributed by atoms with Crippen LogP contribution in [0.1, 0.15) is 16.2 Å². The van der Waals surface area contributed by atoms with Crippen molar-refractivity contribution in [2.24, 2.45) is 0 Å². The monoisotopic (exact) mass is 386 g/mol. The Kier molecular flexibility index (Phi) is 4.72. The molecule has 3 aromatic rings. The molecular weight excluding hydrogens is 368 g/mol. The topological polar surface area (TPSA) is 69.5 Å². The third-order valence-electron chi connectivity index (χ3n) is 4.62. The summed E-state index contributed by atoms with van der Waals surface area (Å²) in [4.78, 5) is 23.6. The second-order valence-corrected chi connectivity index (χ2v) is 6.66. The Balaban J connectivity index is 1.82. The fraction of sp³-hybridized carbons (Fsp3) is 0.316. The van der Waals surface area contributed by atoms with Gasteiger partial charge in [0.25, 0.3) is 5.91 Å². The number of rotatable bonds is 3. The summed E-state index contributed by atoms with van der Waals surface area (Å²) in [5.41, 5.74) is 2.58. The normalized spacial score (nSPS) is 14.6. The standard InChI is InChI=1S/C19H19ClN4O3/c1-12-22-15-4-3-5-21-18(15)24(12)16-11-17(26-2)13(10-14(16)20)19(25)23-6-8-27-9-7-23/h3-5,10-11H,6-9H2,1-2H3. The quantitative estimate of drug-likeness (QED) is 0.692. The van der Waals surface area contributed by atoms with E-state index in [0.29, 0.717) is 54.0 Å². The third-order valence-corrected chi connectivity index (χ3v) is 4.93. The molecule has 140 valence electrons. The first kappa shape index (κ1) is 17.8. The molecular formula is C19H19ClN4O3. The maximum absolute atomic E-state index is 12.9. The lowest BCUT2D eigenvalue weighted by molar-refractivity contribution is 0.0301. The van der Waals surface area contributed by atoms with Crippen molar-refractivity contribution in [3.63, 3.8) is 0 Å². The number of pyridine rings is 1. The van der Waals surface area contributed by atoms with Gasteiger partial charge < -0.3 is 14.4 Å². The summed E-state index contributed by atoms with van der Waals surface area (Å²) in [5.74, 6) is 1.09. The fourth-order valence-corrected chi connectivity index (χ4v) is 3.55. The Bertz CT molecular complexity index is 1010. The average Bonchev–Trinajstić information content (AvgIpc) is 3.03. The van der Waals surface area contributed by atoms with Crippen molar-refractivity contribution < 1.29 is 14.3 Å². The van der Waals surface area contributed by atoms with E-state index in [1.807, 2.05) is 23.6 Å². The van der Waals surface area contributed by atoms with Crippen LogP contribution in [0.15, 0.2) is 30.5 Å². The number of carbonyl (C=O) groups is 1. The minimum Gasteiger partial charge on any atom is -0.496 e. The van der Waals surface area contributed by atoms with Crippen LogP contribution in [0, 0.1) is 6.92 Å². The van der Waals surface area contributed by atoms with Crippen molar-refractivity contribution in [1.29, 1.82) is 0 Å². The van der Waals surface area contributed by atoms with E-state index in [9.17, 15) is 4.79 Å². The van der Waals surface area contributed by atoms with Crippen molar-refractivity contribution in [2.45, 2.75) is 6.92 Å². The minimum absolute atomic E-state index is 0.117. The van der Waals surface area contributed by atoms with Crippen molar-refractivity contribution in [1.82, 2.24) is 19.4 Å². The zero-order valence-corrected chi connectivity index (χ0v) is 15.9. The number of ether oxygens (including phenoxy) is 2. The number of morpholine rings is 1. The highest BCUT2D eigenvalue weighted by Gasteiger charge is 2.24. The van der Waals surface area contributed by atoms with Gasteiger partial charge in [0.05, 0.1) is 36.6 Å². The van der Waals surface area contributed by atoms with Gasteiger partial charge in [-0.2, -0.15) is 0 Å². The molecule has 1 aliphatic heterocycles. The highest BCUT2D eigenvalue weighted by Crippen LogP contribution is 2.33. The van der Waals surface area contributed by atoms with Crippen molar-refractivity contribution in [3.05, 3.63) is 46.9 Å². The van der Waals surface area contributed by atoms with Gasteiger partial charge in [0.1, 0.15) is 17.1 Å². The van der Waals surface area contributed by atoms with E-state index in [4.69, 9.17) is 21.1 Å². The zero-order valence-electron chi connectivity index (χ0n) is 15.1. The molecule has 1 aromatic carbocycles. The molecule has 7 nitrogen and oxygen atoms in total. The lowest BCUT2D eigenvalue weighted by Crippen LogP contribution is -2.40. The third kappa shape index (κ3) is 3.13. The van der Waals surface area contributed by atoms with Crippen LogP contribution in [0.4, 0.5) is 0 Å². The smallest absolute Gasteiger partial charge is 0.257 e. The zero-order chi connectivity index (χ0) is 19.0. The van der Waals surface area contributed by atoms with E-state index >= 15 is 0 Å². The van der Waals surface area contributed by atoms with Crippen LogP contribution in [0.3, 0.4) is 0 Å². The summed E-state index contributed by atoms with van der Waals surface area (Å²) >= 11 is 6.58. The molecule has 0 bridgehead atoms. The van der Waals surface area contributed by atoms with Crippen LogP contribution in [0.5, 0.6) is 5.75 Å². The van der Waals surface area contributed by atoms with Crippen LogP contribution in [0.25, 0.3) is 16.9 Å². The van der Waals surface area contributed by atoms with Gasteiger partial charge in [-0.1, -0.05) is 11.6 Å². The molecule has 3 heterocycles. The molecule has 0 saturated carbocycles. The number of halogens is 1. The first-order valence-electron chi connectivity index (χ1n) is 8.65. The van der Waals surface area contributed by atoms with Gasteiger partial charge in [-0.25, -0.2) is 9.97 Å². The van der Waals surface area contributed by atoms with Crippen molar-refractivity contribution in [3.8, 4) is 11.4 Å². The SMILES string of the molecule is COc1cc(-n2c(C)nc3cccnc32)c(Cl)cc1C(=O)N1CCOCC1. The molecule has 0 atom stereocenters. The Hall–Kier alpha value is -2.64. The van der Waals surface area contributed by atoms with Crippen LogP contribution in [0.2, 0.25) is 5.02 Å². The van der Waals surface area contributed by atoms with E-state index < -0.39 is 0 Å². The molecule has 0 N–H and O–H groups in total. The molecule has 2 aromatic heterocycles. The predicted molar refractivity (Wildman–Crippen MR) is 102 cm³/mol. The number of aromatic nitrogens is 3. The van der Waals surface area contributed by atoms with Gasteiger partial charge in [0.15, 0.2) is 5.65 Å². The summed E-state index contributed by atoms with van der Waals surface area (Å²) in [5, 5.41) is 0.431. The molecule has 1 amide bonds. The highest BCUT2D eigenvalue weighted by molar-refractivity contribution is 6.33. The Morgan fingerprint density at radius 1 is 1.30 bits per heavy atom. The van der Waals surface area contributed by atoms with E-state index in [1.54, 1.807) is 30.3 Å². The Morgan fingerprint density at radius 2 is 2.07 bits per heavy atom. The molecule has 1 saturated heterocycles. The van der Waals surface area contributed by atoms with E-state index in [-0.39, 0.29) is 5.91 Å². The number of aryl methyl sites for hydroxylation is 1. The molecule has 0 radical (unpaired) electrons. The Morgan fingerprint density at radius 3 is 2.81 bits per heavy atom. The van der Waals surface area contributed by atoms with Crippen LogP contribution < -0.4 is 4.74 Å². The predicted octanol–water partition coefficient (Wildman–Crippen LogP) is 2.86. The van der Waals surface area contributed by atoms with Gasteiger partial charge in [-0.3, -0.25) is 9.36 Å². The number of nitrogens with zero attached hydrogens (tertiary/aromatic N) is 4. The number of benzene rings is 1. The maximum atomic E-state index is 12.9. The number of amides is 1. The van der Waals surface area contributed by atoms with E-state index in [2.05, 4.69) is 9.97 Å². The maximum Gasteiger partial charge on any atom is 0.257 e. The highest BCUT2D eigenvalue weighted by atomic mass is 35.5. The summed E-state index contributed by atoms with van der Waals surface area (Å²) in [6.07, 6.45) is 1.71. The molecule has 1 fully saturated rings. The summed E-state index contributed by atoms with van der Waals surface area (Å²) in [7, 11) is 1.54. The van der Waals surface area contributed by atoms with Gasteiger partial charge in [-0.15, -0.1) is 0 Å². The Labute approximate surface area is 161 Å². The van der Waals surface area contributed by atoms with Crippen LogP contribution >= 0.6 is 11.6 Å². The molecule has 0 aliphatic carbocycles. The van der Waals surface area contributed by atoms with Crippen molar-refractivity contribution in [2.75, 3.05) is 33.4 Å². The number of imidazole rings is 1. The van der Waals surface area contributed by atoms with Gasteiger partial charge in [-0.05, 0) is 25.1 Å². The van der Waals surface area contributed by atoms with Gasteiger partial charge >= 0.3 is 0 Å². The summed E-state index contributed by atoms with van der Waals surface area (Å²) < 4.78 is 12.7. The molecule has 4 rings (SSSR count). The van der Waals surface area contributed by atoms with Gasteiger partial charge in [0, 0.05) is 25.4 Å². The molecule has 0 unspecified atom stereocenters. The van der Waals surface area contributed by atoms with Gasteiger partial charge in [0.2, 0.25) is 0 Å². The summed E-state index contributed by atoms with van der Waals surface area (Å²) in [6.45, 7) is 4.06. The van der Waals surface area contributed by atoms with Crippen LogP contribution in [-0.2, 0) is 4.74 Å². The van der Waals surface area contributed by atoms with Crippen molar-refractivity contribution >= 4 is 28.7 Å². The number of fused-ring (bicyclic) bond motifs is 1.